The third kappa shape index (κ3) is 4.42. The molecule has 0 saturated heterocycles. The quantitative estimate of drug-likeness (QED) is 0.569. The molecular formula is C22H25N3O5. The number of non-ortho nitro benzene ring substituents is 1. The fourth-order valence-electron chi connectivity index (χ4n) is 3.27. The number of nitro benzene ring substituents is 1. The Bertz CT molecular complexity index is 969. The number of rotatable bonds is 6. The van der Waals surface area contributed by atoms with E-state index in [-0.39, 0.29) is 23.8 Å². The van der Waals surface area contributed by atoms with Crippen molar-refractivity contribution in [2.24, 2.45) is 5.92 Å². The first kappa shape index (κ1) is 21.3. The van der Waals surface area contributed by atoms with Crippen LogP contribution in [-0.2, 0) is 9.59 Å². The number of nitrogens with one attached hydrogen (secondary N) is 1. The van der Waals surface area contributed by atoms with E-state index in [4.69, 9.17) is 4.74 Å². The molecule has 8 heteroatoms. The van der Waals surface area contributed by atoms with Crippen LogP contribution in [0.5, 0.6) is 5.75 Å². The van der Waals surface area contributed by atoms with E-state index in [1.165, 1.54) is 23.1 Å². The molecule has 2 aromatic carbocycles. The Morgan fingerprint density at radius 1 is 1.17 bits per heavy atom. The first-order valence-corrected chi connectivity index (χ1v) is 9.83. The predicted octanol–water partition coefficient (Wildman–Crippen LogP) is 4.11. The van der Waals surface area contributed by atoms with E-state index in [2.05, 4.69) is 19.2 Å². The molecule has 1 N–H and O–H groups in total. The van der Waals surface area contributed by atoms with Gasteiger partial charge in [-0.3, -0.25) is 24.6 Å². The van der Waals surface area contributed by atoms with E-state index in [1.807, 2.05) is 38.1 Å². The molecule has 1 heterocycles. The van der Waals surface area contributed by atoms with Gasteiger partial charge in [-0.1, -0.05) is 39.8 Å². The molecule has 1 aliphatic heterocycles. The summed E-state index contributed by atoms with van der Waals surface area (Å²) in [6.07, 6.45) is -0.767. The van der Waals surface area contributed by atoms with E-state index in [9.17, 15) is 19.7 Å². The molecule has 1 unspecified atom stereocenters. The van der Waals surface area contributed by atoms with Gasteiger partial charge >= 0.3 is 0 Å². The highest BCUT2D eigenvalue weighted by atomic mass is 16.6. The number of hydrogen-bond donors (Lipinski definition) is 1. The van der Waals surface area contributed by atoms with Gasteiger partial charge in [0.05, 0.1) is 10.6 Å². The Kier molecular flexibility index (Phi) is 6.05. The van der Waals surface area contributed by atoms with Crippen LogP contribution in [-0.4, -0.2) is 29.4 Å². The Balaban J connectivity index is 1.85. The van der Waals surface area contributed by atoms with Crippen LogP contribution in [0.1, 0.15) is 39.2 Å². The molecule has 158 valence electrons. The lowest BCUT2D eigenvalue weighted by Crippen LogP contribution is -2.50. The van der Waals surface area contributed by atoms with Crippen LogP contribution in [0.2, 0.25) is 0 Å². The zero-order valence-electron chi connectivity index (χ0n) is 17.4. The fourth-order valence-corrected chi connectivity index (χ4v) is 3.27. The largest absolute Gasteiger partial charge is 0.478 e. The van der Waals surface area contributed by atoms with Crippen molar-refractivity contribution in [3.8, 4) is 5.75 Å². The maximum absolute atomic E-state index is 13.0. The molecule has 0 saturated carbocycles. The Morgan fingerprint density at radius 2 is 1.83 bits per heavy atom. The number of amides is 2. The van der Waals surface area contributed by atoms with Crippen LogP contribution in [0.25, 0.3) is 0 Å². The number of carbonyl (C=O) groups is 2. The number of carbonyl (C=O) groups excluding carboxylic acids is 2. The monoisotopic (exact) mass is 411 g/mol. The summed E-state index contributed by atoms with van der Waals surface area (Å²) >= 11 is 0. The minimum absolute atomic E-state index is 0.130. The number of benzene rings is 2. The fraction of sp³-hybridized carbons (Fsp3) is 0.364. The summed E-state index contributed by atoms with van der Waals surface area (Å²) in [6.45, 7) is 7.57. The van der Waals surface area contributed by atoms with Crippen molar-refractivity contribution in [3.05, 3.63) is 58.1 Å². The highest BCUT2D eigenvalue weighted by Crippen LogP contribution is 2.38. The van der Waals surface area contributed by atoms with Gasteiger partial charge in [-0.25, -0.2) is 0 Å². The number of hydrogen-bond acceptors (Lipinski definition) is 5. The normalized spacial score (nSPS) is 15.7. The van der Waals surface area contributed by atoms with Gasteiger partial charge in [0.25, 0.3) is 11.6 Å². The smallest absolute Gasteiger partial charge is 0.271 e. The molecule has 2 aromatic rings. The lowest BCUT2D eigenvalue weighted by Gasteiger charge is -2.35. The Morgan fingerprint density at radius 3 is 2.40 bits per heavy atom. The molecule has 0 radical (unpaired) electrons. The summed E-state index contributed by atoms with van der Waals surface area (Å²) in [5.74, 6) is -0.213. The zero-order valence-corrected chi connectivity index (χ0v) is 17.4. The highest BCUT2D eigenvalue weighted by molar-refractivity contribution is 6.06. The number of fused-ring (bicyclic) bond motifs is 1. The summed E-state index contributed by atoms with van der Waals surface area (Å²) in [5, 5.41) is 13.9. The van der Waals surface area contributed by atoms with E-state index >= 15 is 0 Å². The van der Waals surface area contributed by atoms with Gasteiger partial charge in [0, 0.05) is 17.8 Å². The van der Waals surface area contributed by atoms with Crippen LogP contribution < -0.4 is 15.0 Å². The summed E-state index contributed by atoms with van der Waals surface area (Å²) in [5.41, 5.74) is 1.81. The number of anilines is 2. The van der Waals surface area contributed by atoms with Crippen molar-refractivity contribution >= 4 is 28.9 Å². The van der Waals surface area contributed by atoms with Gasteiger partial charge in [0.15, 0.2) is 6.10 Å². The third-order valence-corrected chi connectivity index (χ3v) is 4.98. The Hall–Kier alpha value is -3.42. The molecule has 0 aromatic heterocycles. The lowest BCUT2D eigenvalue weighted by atomic mass is 10.0. The predicted molar refractivity (Wildman–Crippen MR) is 114 cm³/mol. The molecule has 2 amide bonds. The van der Waals surface area contributed by atoms with Gasteiger partial charge in [0.2, 0.25) is 5.91 Å². The van der Waals surface area contributed by atoms with Crippen LogP contribution in [0.15, 0.2) is 42.5 Å². The van der Waals surface area contributed by atoms with Crippen LogP contribution >= 0.6 is 0 Å². The van der Waals surface area contributed by atoms with E-state index in [0.717, 1.165) is 5.56 Å². The van der Waals surface area contributed by atoms with Crippen LogP contribution in [0, 0.1) is 16.0 Å². The zero-order chi connectivity index (χ0) is 22.0. The van der Waals surface area contributed by atoms with Crippen molar-refractivity contribution in [3.63, 3.8) is 0 Å². The molecule has 0 spiro atoms. The molecule has 0 bridgehead atoms. The van der Waals surface area contributed by atoms with E-state index < -0.39 is 22.8 Å². The molecular weight excluding hydrogens is 386 g/mol. The molecule has 8 nitrogen and oxygen atoms in total. The molecule has 0 aliphatic carbocycles. The maximum Gasteiger partial charge on any atom is 0.271 e. The van der Waals surface area contributed by atoms with E-state index in [0.29, 0.717) is 17.4 Å². The number of ether oxygens (including phenoxy) is 1. The standard InChI is InChI=1S/C22H25N3O5/c1-13(2)15-5-7-16(8-6-15)23-20(26)12-24-18-11-17(25(28)29)9-10-19(18)30-21(14(3)4)22(24)27/h5-11,13-14,21H,12H2,1-4H3,(H,23,26). The second-order valence-electron chi connectivity index (χ2n) is 7.94. The van der Waals surface area contributed by atoms with Crippen LogP contribution in [0.3, 0.4) is 0 Å². The SMILES string of the molecule is CC(C)c1ccc(NC(=O)CN2C(=O)C(C(C)C)Oc3ccc([N+](=O)[O-])cc32)cc1. The van der Waals surface area contributed by atoms with Gasteiger partial charge in [-0.2, -0.15) is 0 Å². The average Bonchev–Trinajstić information content (AvgIpc) is 2.69. The highest BCUT2D eigenvalue weighted by Gasteiger charge is 2.38. The molecule has 30 heavy (non-hydrogen) atoms. The molecule has 0 fully saturated rings. The molecule has 1 atom stereocenters. The topological polar surface area (TPSA) is 102 Å². The second kappa shape index (κ2) is 8.52. The minimum atomic E-state index is -0.767. The van der Waals surface area contributed by atoms with Crippen molar-refractivity contribution in [2.45, 2.75) is 39.7 Å². The minimum Gasteiger partial charge on any atom is -0.478 e. The molecule has 3 rings (SSSR count). The van der Waals surface area contributed by atoms with Crippen molar-refractivity contribution in [2.75, 3.05) is 16.8 Å². The van der Waals surface area contributed by atoms with Crippen LogP contribution in [0.4, 0.5) is 17.1 Å². The summed E-state index contributed by atoms with van der Waals surface area (Å²) in [7, 11) is 0. The number of nitro groups is 1. The first-order chi connectivity index (χ1) is 14.2. The maximum atomic E-state index is 13.0. The average molecular weight is 411 g/mol. The molecule has 1 aliphatic rings. The van der Waals surface area contributed by atoms with Gasteiger partial charge in [0.1, 0.15) is 12.3 Å². The van der Waals surface area contributed by atoms with Gasteiger partial charge in [-0.05, 0) is 35.6 Å². The third-order valence-electron chi connectivity index (χ3n) is 4.98. The Labute approximate surface area is 175 Å². The number of nitrogens with zero attached hydrogens (tertiary/aromatic N) is 2. The van der Waals surface area contributed by atoms with Crippen molar-refractivity contribution in [1.29, 1.82) is 0 Å². The van der Waals surface area contributed by atoms with Gasteiger partial charge in [-0.15, -0.1) is 0 Å². The van der Waals surface area contributed by atoms with Crippen molar-refractivity contribution < 1.29 is 19.2 Å². The summed E-state index contributed by atoms with van der Waals surface area (Å²) < 4.78 is 5.76. The summed E-state index contributed by atoms with van der Waals surface area (Å²) in [4.78, 5) is 37.5. The van der Waals surface area contributed by atoms with E-state index in [1.54, 1.807) is 0 Å². The van der Waals surface area contributed by atoms with Crippen molar-refractivity contribution in [1.82, 2.24) is 0 Å². The second-order valence-corrected chi connectivity index (χ2v) is 7.94. The summed E-state index contributed by atoms with van der Waals surface area (Å²) in [6, 6.07) is 11.5. The van der Waals surface area contributed by atoms with Gasteiger partial charge < -0.3 is 10.1 Å². The first-order valence-electron chi connectivity index (χ1n) is 9.83. The lowest BCUT2D eigenvalue weighted by molar-refractivity contribution is -0.384.